The Kier molecular flexibility index (Phi) is 6.45. The van der Waals surface area contributed by atoms with Crippen LogP contribution < -0.4 is 10.1 Å². The summed E-state index contributed by atoms with van der Waals surface area (Å²) >= 11 is 0. The molecule has 0 saturated heterocycles. The summed E-state index contributed by atoms with van der Waals surface area (Å²) in [6.45, 7) is 1.49. The fourth-order valence-corrected chi connectivity index (χ4v) is 2.09. The van der Waals surface area contributed by atoms with E-state index in [-0.39, 0.29) is 24.1 Å². The summed E-state index contributed by atoms with van der Waals surface area (Å²) in [5, 5.41) is 6.37. The molecule has 0 aliphatic rings. The van der Waals surface area contributed by atoms with Crippen molar-refractivity contribution >= 4 is 11.6 Å². The van der Waals surface area contributed by atoms with E-state index in [2.05, 4.69) is 15.3 Å². The molecule has 2 aromatic rings. The molecule has 0 aromatic heterocycles. The van der Waals surface area contributed by atoms with E-state index in [1.54, 1.807) is 0 Å². The SMILES string of the molecule is CON=C(COc1ccc(F)cc1F)C(=O)NC(C)c1ccccc1. The van der Waals surface area contributed by atoms with Crippen molar-refractivity contribution in [1.29, 1.82) is 0 Å². The summed E-state index contributed by atoms with van der Waals surface area (Å²) in [5.74, 6) is -2.28. The van der Waals surface area contributed by atoms with E-state index in [4.69, 9.17) is 4.74 Å². The third-order valence-electron chi connectivity index (χ3n) is 3.37. The second-order valence-electron chi connectivity index (χ2n) is 5.19. The Morgan fingerprint density at radius 2 is 1.92 bits per heavy atom. The number of oxime groups is 1. The Morgan fingerprint density at radius 3 is 2.56 bits per heavy atom. The number of amides is 1. The van der Waals surface area contributed by atoms with Gasteiger partial charge >= 0.3 is 0 Å². The molecule has 1 unspecified atom stereocenters. The minimum atomic E-state index is -0.866. The Balaban J connectivity index is 2.02. The molecule has 25 heavy (non-hydrogen) atoms. The molecule has 132 valence electrons. The van der Waals surface area contributed by atoms with Crippen LogP contribution in [-0.4, -0.2) is 25.3 Å². The highest BCUT2D eigenvalue weighted by molar-refractivity contribution is 6.39. The third kappa shape index (κ3) is 5.27. The van der Waals surface area contributed by atoms with Gasteiger partial charge in [-0.2, -0.15) is 0 Å². The molecule has 2 aromatic carbocycles. The first-order chi connectivity index (χ1) is 12.0. The monoisotopic (exact) mass is 348 g/mol. The standard InChI is InChI=1S/C18H18F2N2O3/c1-12(13-6-4-3-5-7-13)21-18(23)16(22-24-2)11-25-17-9-8-14(19)10-15(17)20/h3-10,12H,11H2,1-2H3,(H,21,23). The first kappa shape index (κ1) is 18.4. The molecule has 1 N–H and O–H groups in total. The minimum Gasteiger partial charge on any atom is -0.484 e. The van der Waals surface area contributed by atoms with Gasteiger partial charge in [0.2, 0.25) is 0 Å². The van der Waals surface area contributed by atoms with Crippen molar-refractivity contribution in [3.63, 3.8) is 0 Å². The molecular formula is C18H18F2N2O3. The Labute approximate surface area is 144 Å². The van der Waals surface area contributed by atoms with Crippen molar-refractivity contribution in [3.8, 4) is 5.75 Å². The van der Waals surface area contributed by atoms with Gasteiger partial charge in [-0.05, 0) is 24.6 Å². The van der Waals surface area contributed by atoms with Gasteiger partial charge in [-0.1, -0.05) is 35.5 Å². The van der Waals surface area contributed by atoms with Crippen LogP contribution in [0.2, 0.25) is 0 Å². The number of carbonyl (C=O) groups excluding carboxylic acids is 1. The molecule has 5 nitrogen and oxygen atoms in total. The lowest BCUT2D eigenvalue weighted by atomic mass is 10.1. The van der Waals surface area contributed by atoms with Crippen LogP contribution in [0, 0.1) is 11.6 Å². The number of nitrogens with zero attached hydrogens (tertiary/aromatic N) is 1. The normalized spacial score (nSPS) is 12.4. The maximum Gasteiger partial charge on any atom is 0.273 e. The number of halogens is 2. The van der Waals surface area contributed by atoms with Crippen molar-refractivity contribution in [3.05, 3.63) is 65.7 Å². The molecule has 0 radical (unpaired) electrons. The predicted molar refractivity (Wildman–Crippen MR) is 89.3 cm³/mol. The van der Waals surface area contributed by atoms with Crippen LogP contribution in [0.25, 0.3) is 0 Å². The third-order valence-corrected chi connectivity index (χ3v) is 3.37. The molecule has 1 amide bonds. The quantitative estimate of drug-likeness (QED) is 0.617. The van der Waals surface area contributed by atoms with Crippen LogP contribution in [0.4, 0.5) is 8.78 Å². The highest BCUT2D eigenvalue weighted by Crippen LogP contribution is 2.17. The van der Waals surface area contributed by atoms with Crippen LogP contribution in [0.15, 0.2) is 53.7 Å². The zero-order valence-corrected chi connectivity index (χ0v) is 13.8. The lowest BCUT2D eigenvalue weighted by molar-refractivity contribution is -0.115. The molecule has 2 rings (SSSR count). The molecular weight excluding hydrogens is 330 g/mol. The second kappa shape index (κ2) is 8.77. The summed E-state index contributed by atoms with van der Waals surface area (Å²) in [4.78, 5) is 17.0. The minimum absolute atomic E-state index is 0.0750. The van der Waals surface area contributed by atoms with Gasteiger partial charge in [-0.3, -0.25) is 4.79 Å². The number of nitrogens with one attached hydrogen (secondary N) is 1. The van der Waals surface area contributed by atoms with E-state index >= 15 is 0 Å². The van der Waals surface area contributed by atoms with Gasteiger partial charge in [-0.25, -0.2) is 8.78 Å². The average molecular weight is 348 g/mol. The van der Waals surface area contributed by atoms with Gasteiger partial charge in [-0.15, -0.1) is 0 Å². The first-order valence-electron chi connectivity index (χ1n) is 7.55. The van der Waals surface area contributed by atoms with E-state index in [0.29, 0.717) is 6.07 Å². The van der Waals surface area contributed by atoms with Crippen molar-refractivity contribution in [2.45, 2.75) is 13.0 Å². The molecule has 0 bridgehead atoms. The van der Waals surface area contributed by atoms with Gasteiger partial charge in [0.1, 0.15) is 19.5 Å². The van der Waals surface area contributed by atoms with E-state index in [0.717, 1.165) is 17.7 Å². The maximum atomic E-state index is 13.6. The zero-order chi connectivity index (χ0) is 18.2. The number of rotatable bonds is 7. The summed E-state index contributed by atoms with van der Waals surface area (Å²) < 4.78 is 31.7. The number of benzene rings is 2. The fourth-order valence-electron chi connectivity index (χ4n) is 2.09. The van der Waals surface area contributed by atoms with Crippen LogP contribution in [-0.2, 0) is 9.63 Å². The topological polar surface area (TPSA) is 59.9 Å². The molecule has 7 heteroatoms. The molecule has 1 atom stereocenters. The van der Waals surface area contributed by atoms with Crippen molar-refractivity contribution in [1.82, 2.24) is 5.32 Å². The molecule has 0 saturated carbocycles. The van der Waals surface area contributed by atoms with Crippen LogP contribution in [0.1, 0.15) is 18.5 Å². The largest absolute Gasteiger partial charge is 0.484 e. The van der Waals surface area contributed by atoms with E-state index in [1.807, 2.05) is 37.3 Å². The van der Waals surface area contributed by atoms with Gasteiger partial charge < -0.3 is 14.9 Å². The zero-order valence-electron chi connectivity index (χ0n) is 13.8. The lowest BCUT2D eigenvalue weighted by Gasteiger charge is -2.15. The highest BCUT2D eigenvalue weighted by Gasteiger charge is 2.18. The maximum absolute atomic E-state index is 13.6. The van der Waals surface area contributed by atoms with Gasteiger partial charge in [0.25, 0.3) is 5.91 Å². The Morgan fingerprint density at radius 1 is 1.20 bits per heavy atom. The highest BCUT2D eigenvalue weighted by atomic mass is 19.1. The number of hydrogen-bond donors (Lipinski definition) is 1. The molecule has 0 fully saturated rings. The second-order valence-corrected chi connectivity index (χ2v) is 5.19. The van der Waals surface area contributed by atoms with E-state index in [9.17, 15) is 13.6 Å². The Hall–Kier alpha value is -2.96. The van der Waals surface area contributed by atoms with Crippen molar-refractivity contribution in [2.75, 3.05) is 13.7 Å². The molecule has 0 aliphatic heterocycles. The van der Waals surface area contributed by atoms with Crippen LogP contribution in [0.3, 0.4) is 0 Å². The van der Waals surface area contributed by atoms with E-state index in [1.165, 1.54) is 7.11 Å². The van der Waals surface area contributed by atoms with Gasteiger partial charge in [0, 0.05) is 6.07 Å². The average Bonchev–Trinajstić information content (AvgIpc) is 2.60. The van der Waals surface area contributed by atoms with Gasteiger partial charge in [0.15, 0.2) is 17.3 Å². The lowest BCUT2D eigenvalue weighted by Crippen LogP contribution is -2.36. The van der Waals surface area contributed by atoms with Crippen molar-refractivity contribution in [2.24, 2.45) is 5.16 Å². The Bertz CT molecular complexity index is 751. The van der Waals surface area contributed by atoms with E-state index < -0.39 is 17.5 Å². The molecule has 0 spiro atoms. The smallest absolute Gasteiger partial charge is 0.273 e. The first-order valence-corrected chi connectivity index (χ1v) is 7.55. The van der Waals surface area contributed by atoms with Gasteiger partial charge in [0.05, 0.1) is 6.04 Å². The molecule has 0 heterocycles. The summed E-state index contributed by atoms with van der Waals surface area (Å²) in [7, 11) is 1.28. The number of hydrogen-bond acceptors (Lipinski definition) is 4. The van der Waals surface area contributed by atoms with Crippen LogP contribution >= 0.6 is 0 Å². The number of ether oxygens (including phenoxy) is 1. The number of carbonyl (C=O) groups is 1. The van der Waals surface area contributed by atoms with Crippen molar-refractivity contribution < 1.29 is 23.1 Å². The summed E-state index contributed by atoms with van der Waals surface area (Å²) in [6, 6.07) is 12.0. The van der Waals surface area contributed by atoms with Crippen LogP contribution in [0.5, 0.6) is 5.75 Å². The summed E-state index contributed by atoms with van der Waals surface area (Å²) in [6.07, 6.45) is 0. The summed E-state index contributed by atoms with van der Waals surface area (Å²) in [5.41, 5.74) is 0.840. The molecule has 0 aliphatic carbocycles. The predicted octanol–water partition coefficient (Wildman–Crippen LogP) is 3.22. The fraction of sp³-hybridized carbons (Fsp3) is 0.222.